The van der Waals surface area contributed by atoms with E-state index in [1.807, 2.05) is 33.8 Å². The number of ketones is 1. The van der Waals surface area contributed by atoms with Gasteiger partial charge in [0, 0.05) is 6.42 Å². The fraction of sp³-hybridized carbons (Fsp3) is 0.833. The second-order valence-corrected chi connectivity index (χ2v) is 8.98. The summed E-state index contributed by atoms with van der Waals surface area (Å²) in [7, 11) is 0. The standard InChI is InChI=1S/C20H28O3.2C2H6/c1-19-9-7-13(21)11-12(19)3-4-14-15-5-6-17(18(22)23)20(15,2)10-8-16(14)19;2*1-2/h11,14-17H,3-10H2,1-2H3,(H,22,23);2*1-2H3. The zero-order valence-corrected chi connectivity index (χ0v) is 18.3. The van der Waals surface area contributed by atoms with Crippen LogP contribution in [0.25, 0.3) is 0 Å². The van der Waals surface area contributed by atoms with Gasteiger partial charge in [-0.05, 0) is 79.6 Å². The number of allylic oxidation sites excluding steroid dienone is 1. The summed E-state index contributed by atoms with van der Waals surface area (Å²) >= 11 is 0. The number of carboxylic acid groups (broad SMARTS) is 1. The van der Waals surface area contributed by atoms with Crippen molar-refractivity contribution in [2.75, 3.05) is 0 Å². The molecule has 3 nitrogen and oxygen atoms in total. The Morgan fingerprint density at radius 2 is 1.63 bits per heavy atom. The third-order valence-electron chi connectivity index (χ3n) is 8.26. The summed E-state index contributed by atoms with van der Waals surface area (Å²) in [5.41, 5.74) is 1.58. The molecule has 0 heterocycles. The fourth-order valence-corrected chi connectivity index (χ4v) is 6.97. The van der Waals surface area contributed by atoms with E-state index in [4.69, 9.17) is 0 Å². The van der Waals surface area contributed by atoms with Crippen molar-refractivity contribution >= 4 is 11.8 Å². The average Bonchev–Trinajstić information content (AvgIpc) is 3.03. The molecule has 0 amide bonds. The third kappa shape index (κ3) is 3.51. The molecule has 3 heteroatoms. The first kappa shape index (κ1) is 22.2. The van der Waals surface area contributed by atoms with E-state index in [-0.39, 0.29) is 16.7 Å². The molecule has 154 valence electrons. The molecule has 3 fully saturated rings. The monoisotopic (exact) mass is 376 g/mol. The van der Waals surface area contributed by atoms with Crippen LogP contribution in [-0.4, -0.2) is 16.9 Å². The van der Waals surface area contributed by atoms with Crippen LogP contribution in [0.5, 0.6) is 0 Å². The van der Waals surface area contributed by atoms with E-state index >= 15 is 0 Å². The van der Waals surface area contributed by atoms with Gasteiger partial charge in [-0.15, -0.1) is 0 Å². The van der Waals surface area contributed by atoms with Gasteiger partial charge in [0.25, 0.3) is 0 Å². The molecule has 0 aliphatic heterocycles. The Labute approximate surface area is 166 Å². The van der Waals surface area contributed by atoms with Crippen LogP contribution in [0.3, 0.4) is 0 Å². The molecule has 4 rings (SSSR count). The molecule has 27 heavy (non-hydrogen) atoms. The minimum absolute atomic E-state index is 0.00490. The van der Waals surface area contributed by atoms with Gasteiger partial charge >= 0.3 is 5.97 Å². The Bertz CT molecular complexity index is 592. The predicted octanol–water partition coefficient (Wildman–Crippen LogP) is 6.27. The van der Waals surface area contributed by atoms with Crippen LogP contribution in [0.1, 0.15) is 92.9 Å². The number of carbonyl (C=O) groups is 2. The highest BCUT2D eigenvalue weighted by atomic mass is 16.4. The molecule has 4 aliphatic carbocycles. The summed E-state index contributed by atoms with van der Waals surface area (Å²) in [5.74, 6) is 1.46. The zero-order valence-electron chi connectivity index (χ0n) is 18.3. The Balaban J connectivity index is 0.000000614. The smallest absolute Gasteiger partial charge is 0.307 e. The second-order valence-electron chi connectivity index (χ2n) is 8.98. The number of hydrogen-bond acceptors (Lipinski definition) is 2. The summed E-state index contributed by atoms with van der Waals surface area (Å²) in [6.07, 6.45) is 9.99. The maximum absolute atomic E-state index is 11.8. The maximum Gasteiger partial charge on any atom is 0.307 e. The first-order chi connectivity index (χ1) is 12.9. The molecule has 0 bridgehead atoms. The Kier molecular flexibility index (Phi) is 6.97. The van der Waals surface area contributed by atoms with Gasteiger partial charge in [-0.1, -0.05) is 47.1 Å². The normalized spacial score (nSPS) is 42.1. The minimum atomic E-state index is -0.584. The van der Waals surface area contributed by atoms with E-state index in [0.717, 1.165) is 44.9 Å². The summed E-state index contributed by atoms with van der Waals surface area (Å²) in [4.78, 5) is 23.5. The van der Waals surface area contributed by atoms with Crippen LogP contribution < -0.4 is 0 Å². The van der Waals surface area contributed by atoms with Crippen LogP contribution in [0.4, 0.5) is 0 Å². The number of carboxylic acids is 1. The first-order valence-electron chi connectivity index (χ1n) is 11.3. The quantitative estimate of drug-likeness (QED) is 0.586. The van der Waals surface area contributed by atoms with Gasteiger partial charge in [0.15, 0.2) is 5.78 Å². The van der Waals surface area contributed by atoms with Gasteiger partial charge < -0.3 is 5.11 Å². The maximum atomic E-state index is 11.8. The number of fused-ring (bicyclic) bond motifs is 5. The van der Waals surface area contributed by atoms with Crippen molar-refractivity contribution in [2.45, 2.75) is 92.9 Å². The first-order valence-corrected chi connectivity index (χ1v) is 11.3. The van der Waals surface area contributed by atoms with Crippen molar-refractivity contribution in [3.8, 4) is 0 Å². The van der Waals surface area contributed by atoms with E-state index in [1.165, 1.54) is 5.57 Å². The molecule has 6 unspecified atom stereocenters. The van der Waals surface area contributed by atoms with E-state index in [2.05, 4.69) is 13.8 Å². The van der Waals surface area contributed by atoms with E-state index in [0.29, 0.717) is 30.0 Å². The van der Waals surface area contributed by atoms with Crippen LogP contribution in [0.15, 0.2) is 11.6 Å². The van der Waals surface area contributed by atoms with Crippen LogP contribution in [0, 0.1) is 34.5 Å². The van der Waals surface area contributed by atoms with Crippen molar-refractivity contribution in [2.24, 2.45) is 34.5 Å². The number of hydrogen-bond donors (Lipinski definition) is 1. The Hall–Kier alpha value is -1.12. The highest BCUT2D eigenvalue weighted by Gasteiger charge is 2.60. The number of aliphatic carboxylic acids is 1. The molecular formula is C24H40O3. The van der Waals surface area contributed by atoms with Gasteiger partial charge in [-0.25, -0.2) is 0 Å². The summed E-state index contributed by atoms with van der Waals surface area (Å²) in [5, 5.41) is 9.63. The Morgan fingerprint density at radius 1 is 0.963 bits per heavy atom. The Morgan fingerprint density at radius 3 is 2.26 bits per heavy atom. The van der Waals surface area contributed by atoms with Crippen LogP contribution in [0.2, 0.25) is 0 Å². The third-order valence-corrected chi connectivity index (χ3v) is 8.26. The van der Waals surface area contributed by atoms with E-state index in [1.54, 1.807) is 0 Å². The fourth-order valence-electron chi connectivity index (χ4n) is 6.97. The topological polar surface area (TPSA) is 54.4 Å². The van der Waals surface area contributed by atoms with Crippen LogP contribution >= 0.6 is 0 Å². The summed E-state index contributed by atoms with van der Waals surface area (Å²) in [6, 6.07) is 0. The van der Waals surface area contributed by atoms with Crippen molar-refractivity contribution in [3.63, 3.8) is 0 Å². The molecule has 4 aliphatic rings. The lowest BCUT2D eigenvalue weighted by Gasteiger charge is -2.57. The van der Waals surface area contributed by atoms with Crippen molar-refractivity contribution in [3.05, 3.63) is 11.6 Å². The molecule has 0 aromatic rings. The number of rotatable bonds is 1. The number of carbonyl (C=O) groups excluding carboxylic acids is 1. The van der Waals surface area contributed by atoms with Gasteiger partial charge in [-0.2, -0.15) is 0 Å². The average molecular weight is 377 g/mol. The highest BCUT2D eigenvalue weighted by molar-refractivity contribution is 5.91. The molecule has 0 saturated heterocycles. The highest BCUT2D eigenvalue weighted by Crippen LogP contribution is 2.66. The molecule has 0 radical (unpaired) electrons. The van der Waals surface area contributed by atoms with Gasteiger partial charge in [0.1, 0.15) is 0 Å². The molecule has 0 aromatic carbocycles. The molecule has 3 saturated carbocycles. The van der Waals surface area contributed by atoms with Crippen molar-refractivity contribution < 1.29 is 14.7 Å². The van der Waals surface area contributed by atoms with Crippen LogP contribution in [-0.2, 0) is 9.59 Å². The minimum Gasteiger partial charge on any atom is -0.481 e. The largest absolute Gasteiger partial charge is 0.481 e. The molecule has 0 spiro atoms. The van der Waals surface area contributed by atoms with Crippen molar-refractivity contribution in [1.82, 2.24) is 0 Å². The lowest BCUT2D eigenvalue weighted by atomic mass is 9.47. The SMILES string of the molecule is CC.CC.CC12CCC(=O)C=C1CCC1C2CCC2(C)C(C(=O)O)CCC12. The van der Waals surface area contributed by atoms with E-state index in [9.17, 15) is 14.7 Å². The summed E-state index contributed by atoms with van der Waals surface area (Å²) in [6.45, 7) is 12.6. The van der Waals surface area contributed by atoms with Gasteiger partial charge in [0.05, 0.1) is 5.92 Å². The van der Waals surface area contributed by atoms with E-state index < -0.39 is 5.97 Å². The molecule has 1 N–H and O–H groups in total. The second kappa shape index (κ2) is 8.49. The lowest BCUT2D eigenvalue weighted by molar-refractivity contribution is -0.149. The molecule has 0 aromatic heterocycles. The molecule has 6 atom stereocenters. The van der Waals surface area contributed by atoms with Crippen molar-refractivity contribution in [1.29, 1.82) is 0 Å². The molecular weight excluding hydrogens is 336 g/mol. The zero-order chi connectivity index (χ0) is 20.4. The lowest BCUT2D eigenvalue weighted by Crippen LogP contribution is -2.51. The summed E-state index contributed by atoms with van der Waals surface area (Å²) < 4.78 is 0. The predicted molar refractivity (Wildman–Crippen MR) is 111 cm³/mol. The van der Waals surface area contributed by atoms with Gasteiger partial charge in [-0.3, -0.25) is 9.59 Å². The van der Waals surface area contributed by atoms with Gasteiger partial charge in [0.2, 0.25) is 0 Å².